The molecule has 0 heterocycles. The lowest BCUT2D eigenvalue weighted by Crippen LogP contribution is -2.58. The van der Waals surface area contributed by atoms with Gasteiger partial charge in [-0.15, -0.1) is 0 Å². The number of ether oxygens (including phenoxy) is 2. The summed E-state index contributed by atoms with van der Waals surface area (Å²) in [5, 5.41) is 10.2. The Kier molecular flexibility index (Phi) is 4.17. The molecule has 0 aromatic rings. The van der Waals surface area contributed by atoms with Crippen LogP contribution in [0.25, 0.3) is 0 Å². The summed E-state index contributed by atoms with van der Waals surface area (Å²) in [6.45, 7) is 0.510. The Hall–Kier alpha value is -1.57. The maximum atomic E-state index is 12.8. The third-order valence-electron chi connectivity index (χ3n) is 5.53. The number of rotatable bonds is 5. The van der Waals surface area contributed by atoms with Crippen LogP contribution in [0.15, 0.2) is 0 Å². The summed E-state index contributed by atoms with van der Waals surface area (Å²) in [5.74, 6) is -6.21. The Labute approximate surface area is 143 Å². The van der Waals surface area contributed by atoms with Crippen molar-refractivity contribution >= 4 is 17.7 Å². The summed E-state index contributed by atoms with van der Waals surface area (Å²) < 4.78 is 35.5. The molecule has 3 unspecified atom stereocenters. The SMILES string of the molecule is CC(F)(F)C(=O)OCC(C)(O)C(=O)OC12CC3CC(C1)C(=O)C(C3)C2. The number of Topliss-reactive ketones (excluding diaryl/α,β-unsaturated/α-hetero) is 1. The minimum absolute atomic E-state index is 0.111. The molecule has 1 N–H and O–H groups in total. The Morgan fingerprint density at radius 1 is 1.16 bits per heavy atom. The molecule has 8 heteroatoms. The van der Waals surface area contributed by atoms with Crippen molar-refractivity contribution in [1.29, 1.82) is 0 Å². The van der Waals surface area contributed by atoms with E-state index in [0.29, 0.717) is 32.1 Å². The monoisotopic (exact) mass is 360 g/mol. The number of esters is 2. The zero-order valence-electron chi connectivity index (χ0n) is 14.2. The van der Waals surface area contributed by atoms with Gasteiger partial charge in [-0.1, -0.05) is 0 Å². The van der Waals surface area contributed by atoms with Crippen LogP contribution < -0.4 is 0 Å². The Morgan fingerprint density at radius 3 is 2.24 bits per heavy atom. The highest BCUT2D eigenvalue weighted by Crippen LogP contribution is 2.55. The summed E-state index contributed by atoms with van der Waals surface area (Å²) in [4.78, 5) is 35.6. The second-order valence-electron chi connectivity index (χ2n) is 8.06. The van der Waals surface area contributed by atoms with Crippen molar-refractivity contribution in [2.24, 2.45) is 17.8 Å². The molecule has 4 fully saturated rings. The van der Waals surface area contributed by atoms with Gasteiger partial charge < -0.3 is 14.6 Å². The van der Waals surface area contributed by atoms with Gasteiger partial charge in [-0.3, -0.25) is 4.79 Å². The number of halogens is 2. The Morgan fingerprint density at radius 2 is 1.72 bits per heavy atom. The van der Waals surface area contributed by atoms with Crippen LogP contribution in [0.5, 0.6) is 0 Å². The van der Waals surface area contributed by atoms with E-state index in [2.05, 4.69) is 4.74 Å². The molecule has 4 aliphatic carbocycles. The normalized spacial score (nSPS) is 36.0. The van der Waals surface area contributed by atoms with E-state index in [1.165, 1.54) is 0 Å². The third-order valence-corrected chi connectivity index (χ3v) is 5.53. The number of carbonyl (C=O) groups excluding carboxylic acids is 3. The molecule has 140 valence electrons. The van der Waals surface area contributed by atoms with Gasteiger partial charge in [0.25, 0.3) is 0 Å². The van der Waals surface area contributed by atoms with Gasteiger partial charge in [-0.25, -0.2) is 9.59 Å². The molecule has 0 aromatic carbocycles. The fourth-order valence-corrected chi connectivity index (χ4v) is 4.50. The smallest absolute Gasteiger partial charge is 0.376 e. The van der Waals surface area contributed by atoms with Gasteiger partial charge in [0.15, 0.2) is 5.60 Å². The van der Waals surface area contributed by atoms with E-state index < -0.39 is 35.7 Å². The summed E-state index contributed by atoms with van der Waals surface area (Å²) in [6, 6.07) is 0. The van der Waals surface area contributed by atoms with Crippen LogP contribution in [0.4, 0.5) is 8.78 Å². The van der Waals surface area contributed by atoms with Gasteiger partial charge in [-0.2, -0.15) is 8.78 Å². The van der Waals surface area contributed by atoms with Gasteiger partial charge in [0.1, 0.15) is 18.0 Å². The van der Waals surface area contributed by atoms with E-state index in [0.717, 1.165) is 19.8 Å². The molecule has 0 aromatic heterocycles. The molecule has 4 aliphatic rings. The number of hydrogen-bond donors (Lipinski definition) is 1. The standard InChI is InChI=1S/C17H22F2O6/c1-15(23,8-24-14(22)16(2,18)19)13(21)25-17-5-9-3-10(6-17)12(20)11(4-9)7-17/h9-11,23H,3-8H2,1-2H3. The molecule has 4 rings (SSSR count). The maximum absolute atomic E-state index is 12.8. The molecule has 4 bridgehead atoms. The van der Waals surface area contributed by atoms with Crippen molar-refractivity contribution in [3.8, 4) is 0 Å². The van der Waals surface area contributed by atoms with Gasteiger partial charge in [-0.05, 0) is 44.9 Å². The highest BCUT2D eigenvalue weighted by atomic mass is 19.3. The molecule has 3 atom stereocenters. The van der Waals surface area contributed by atoms with Gasteiger partial charge >= 0.3 is 17.9 Å². The molecule has 0 saturated heterocycles. The molecule has 4 saturated carbocycles. The largest absolute Gasteiger partial charge is 0.458 e. The Bertz CT molecular complexity index is 591. The van der Waals surface area contributed by atoms with Crippen LogP contribution in [0.3, 0.4) is 0 Å². The quantitative estimate of drug-likeness (QED) is 0.750. The lowest BCUT2D eigenvalue weighted by Gasteiger charge is -2.54. The van der Waals surface area contributed by atoms with Crippen LogP contribution in [0, 0.1) is 17.8 Å². The van der Waals surface area contributed by atoms with E-state index in [4.69, 9.17) is 4.74 Å². The van der Waals surface area contributed by atoms with Crippen LogP contribution in [0.1, 0.15) is 46.0 Å². The average molecular weight is 360 g/mol. The van der Waals surface area contributed by atoms with Crippen molar-refractivity contribution in [3.63, 3.8) is 0 Å². The molecule has 0 aliphatic heterocycles. The molecular formula is C17H22F2O6. The molecule has 6 nitrogen and oxygen atoms in total. The molecule has 0 spiro atoms. The number of aliphatic hydroxyl groups is 1. The van der Waals surface area contributed by atoms with Crippen molar-refractivity contribution in [1.82, 2.24) is 0 Å². The zero-order valence-corrected chi connectivity index (χ0v) is 14.2. The highest BCUT2D eigenvalue weighted by Gasteiger charge is 2.58. The Balaban J connectivity index is 1.63. The van der Waals surface area contributed by atoms with Crippen molar-refractivity contribution < 1.29 is 37.7 Å². The predicted molar refractivity (Wildman–Crippen MR) is 79.6 cm³/mol. The topological polar surface area (TPSA) is 89.9 Å². The highest BCUT2D eigenvalue weighted by molar-refractivity contribution is 5.86. The van der Waals surface area contributed by atoms with Crippen LogP contribution >= 0.6 is 0 Å². The summed E-state index contributed by atoms with van der Waals surface area (Å²) in [6.07, 6.45) is 3.14. The van der Waals surface area contributed by atoms with E-state index in [1.807, 2.05) is 0 Å². The minimum Gasteiger partial charge on any atom is -0.458 e. The summed E-state index contributed by atoms with van der Waals surface area (Å²) in [5.41, 5.74) is -3.02. The van der Waals surface area contributed by atoms with Gasteiger partial charge in [0.05, 0.1) is 0 Å². The summed E-state index contributed by atoms with van der Waals surface area (Å²) in [7, 11) is 0. The number of ketones is 1. The van der Waals surface area contributed by atoms with Crippen LogP contribution in [-0.2, 0) is 23.9 Å². The number of hydrogen-bond acceptors (Lipinski definition) is 6. The second-order valence-corrected chi connectivity index (χ2v) is 8.06. The van der Waals surface area contributed by atoms with Crippen LogP contribution in [0.2, 0.25) is 0 Å². The van der Waals surface area contributed by atoms with Crippen molar-refractivity contribution in [3.05, 3.63) is 0 Å². The first kappa shape index (κ1) is 18.2. The minimum atomic E-state index is -3.71. The fourth-order valence-electron chi connectivity index (χ4n) is 4.50. The molecule has 25 heavy (non-hydrogen) atoms. The molecule has 0 amide bonds. The summed E-state index contributed by atoms with van der Waals surface area (Å²) >= 11 is 0. The predicted octanol–water partition coefficient (Wildman–Crippen LogP) is 1.63. The van der Waals surface area contributed by atoms with E-state index in [9.17, 15) is 28.3 Å². The fraction of sp³-hybridized carbons (Fsp3) is 0.824. The van der Waals surface area contributed by atoms with Gasteiger partial charge in [0.2, 0.25) is 0 Å². The lowest BCUT2D eigenvalue weighted by atomic mass is 9.53. The molecular weight excluding hydrogens is 338 g/mol. The van der Waals surface area contributed by atoms with E-state index >= 15 is 0 Å². The first-order valence-corrected chi connectivity index (χ1v) is 8.46. The number of carbonyl (C=O) groups is 3. The van der Waals surface area contributed by atoms with Crippen molar-refractivity contribution in [2.75, 3.05) is 6.61 Å². The third kappa shape index (κ3) is 3.41. The first-order chi connectivity index (χ1) is 11.4. The number of alkyl halides is 2. The second kappa shape index (κ2) is 5.72. The van der Waals surface area contributed by atoms with Crippen LogP contribution in [-0.4, -0.2) is 46.6 Å². The maximum Gasteiger partial charge on any atom is 0.376 e. The molecule has 0 radical (unpaired) electrons. The van der Waals surface area contributed by atoms with Crippen molar-refractivity contribution in [2.45, 2.75) is 63.1 Å². The average Bonchev–Trinajstić information content (AvgIpc) is 2.48. The first-order valence-electron chi connectivity index (χ1n) is 8.46. The van der Waals surface area contributed by atoms with E-state index in [1.54, 1.807) is 0 Å². The lowest BCUT2D eigenvalue weighted by molar-refractivity contribution is -0.209. The van der Waals surface area contributed by atoms with Gasteiger partial charge in [0, 0.05) is 18.8 Å². The zero-order chi connectivity index (χ0) is 18.6. The van der Waals surface area contributed by atoms with E-state index in [-0.39, 0.29) is 17.6 Å².